The van der Waals surface area contributed by atoms with Crippen LogP contribution in [-0.4, -0.2) is 35.8 Å². The Labute approximate surface area is 153 Å². The lowest BCUT2D eigenvalue weighted by atomic mass is 10.1. The number of aromatic amines is 1. The number of amides is 2. The lowest BCUT2D eigenvalue weighted by Gasteiger charge is -2.10. The van der Waals surface area contributed by atoms with Gasteiger partial charge in [-0.3, -0.25) is 9.59 Å². The predicted octanol–water partition coefficient (Wildman–Crippen LogP) is 3.42. The number of hydrogen-bond donors (Lipinski definition) is 2. The van der Waals surface area contributed by atoms with Crippen molar-refractivity contribution in [2.24, 2.45) is 0 Å². The van der Waals surface area contributed by atoms with E-state index < -0.39 is 0 Å². The molecule has 2 N–H and O–H groups in total. The molecule has 2 amide bonds. The fourth-order valence-corrected chi connectivity index (χ4v) is 3.02. The number of H-pyrrole nitrogens is 1. The molecule has 0 radical (unpaired) electrons. The van der Waals surface area contributed by atoms with Crippen molar-refractivity contribution < 1.29 is 9.59 Å². The molecule has 0 saturated heterocycles. The number of nitrogens with zero attached hydrogens (tertiary/aromatic N) is 1. The summed E-state index contributed by atoms with van der Waals surface area (Å²) in [5.74, 6) is -0.184. The fourth-order valence-electron chi connectivity index (χ4n) is 3.02. The molecule has 3 aromatic rings. The van der Waals surface area contributed by atoms with Gasteiger partial charge in [0.25, 0.3) is 11.8 Å². The number of nitrogens with one attached hydrogen (secondary N) is 2. The third-order valence-electron chi connectivity index (χ3n) is 4.39. The lowest BCUT2D eigenvalue weighted by molar-refractivity contribution is 0.0827. The number of carbonyl (C=O) groups excluding carboxylic acids is 2. The number of rotatable bonds is 4. The molecule has 0 unspecified atom stereocenters. The predicted molar refractivity (Wildman–Crippen MR) is 103 cm³/mol. The van der Waals surface area contributed by atoms with Crippen LogP contribution < -0.4 is 5.32 Å². The number of carbonyl (C=O) groups is 2. The number of aromatic nitrogens is 1. The topological polar surface area (TPSA) is 65.2 Å². The normalized spacial score (nSPS) is 10.8. The highest BCUT2D eigenvalue weighted by Crippen LogP contribution is 2.21. The molecule has 0 fully saturated rings. The highest BCUT2D eigenvalue weighted by atomic mass is 16.2. The monoisotopic (exact) mass is 349 g/mol. The average Bonchev–Trinajstić information content (AvgIpc) is 3.04. The van der Waals surface area contributed by atoms with Gasteiger partial charge in [-0.1, -0.05) is 18.2 Å². The highest BCUT2D eigenvalue weighted by molar-refractivity contribution is 5.99. The van der Waals surface area contributed by atoms with Crippen molar-refractivity contribution >= 4 is 22.7 Å². The highest BCUT2D eigenvalue weighted by Gasteiger charge is 2.11. The van der Waals surface area contributed by atoms with Crippen LogP contribution in [0.4, 0.5) is 0 Å². The quantitative estimate of drug-likeness (QED) is 0.758. The number of fused-ring (bicyclic) bond motifs is 1. The summed E-state index contributed by atoms with van der Waals surface area (Å²) in [7, 11) is 3.44. The number of benzene rings is 2. The van der Waals surface area contributed by atoms with Gasteiger partial charge in [-0.05, 0) is 54.8 Å². The average molecular weight is 349 g/mol. The van der Waals surface area contributed by atoms with Crippen molar-refractivity contribution in [2.75, 3.05) is 14.1 Å². The molecule has 0 aliphatic heterocycles. The Bertz CT molecular complexity index is 969. The van der Waals surface area contributed by atoms with Crippen LogP contribution in [0.2, 0.25) is 0 Å². The Balaban J connectivity index is 1.69. The third-order valence-corrected chi connectivity index (χ3v) is 4.39. The molecular formula is C21H23N3O2. The van der Waals surface area contributed by atoms with Gasteiger partial charge in [0.05, 0.1) is 0 Å². The van der Waals surface area contributed by atoms with Gasteiger partial charge in [0.2, 0.25) is 0 Å². The van der Waals surface area contributed by atoms with E-state index in [0.717, 1.165) is 27.6 Å². The van der Waals surface area contributed by atoms with E-state index in [1.165, 1.54) is 4.90 Å². The second-order valence-corrected chi connectivity index (χ2v) is 6.81. The molecule has 26 heavy (non-hydrogen) atoms. The van der Waals surface area contributed by atoms with Crippen LogP contribution in [0.5, 0.6) is 0 Å². The molecule has 0 atom stereocenters. The van der Waals surface area contributed by atoms with Crippen molar-refractivity contribution in [2.45, 2.75) is 20.4 Å². The molecular weight excluding hydrogens is 326 g/mol. The first-order valence-corrected chi connectivity index (χ1v) is 8.54. The summed E-state index contributed by atoms with van der Waals surface area (Å²) in [6.45, 7) is 4.49. The van der Waals surface area contributed by atoms with Gasteiger partial charge in [0.15, 0.2) is 0 Å². The van der Waals surface area contributed by atoms with Gasteiger partial charge in [0, 0.05) is 37.1 Å². The van der Waals surface area contributed by atoms with Gasteiger partial charge in [-0.2, -0.15) is 0 Å². The van der Waals surface area contributed by atoms with E-state index in [1.54, 1.807) is 26.2 Å². The largest absolute Gasteiger partial charge is 0.351 e. The second-order valence-electron chi connectivity index (χ2n) is 6.81. The minimum absolute atomic E-state index is 0.0377. The first-order valence-electron chi connectivity index (χ1n) is 8.54. The lowest BCUT2D eigenvalue weighted by Crippen LogP contribution is -2.23. The SMILES string of the molecule is Cc1cc(C)c2cc(C(=O)NCc3ccc(C(=O)N(C)C)cc3)[nH]c2c1. The van der Waals surface area contributed by atoms with E-state index >= 15 is 0 Å². The maximum absolute atomic E-state index is 12.4. The summed E-state index contributed by atoms with van der Waals surface area (Å²) >= 11 is 0. The van der Waals surface area contributed by atoms with Crippen molar-refractivity contribution in [3.8, 4) is 0 Å². The van der Waals surface area contributed by atoms with Gasteiger partial charge in [-0.25, -0.2) is 0 Å². The van der Waals surface area contributed by atoms with E-state index in [0.29, 0.717) is 17.8 Å². The maximum Gasteiger partial charge on any atom is 0.267 e. The molecule has 2 aromatic carbocycles. The van der Waals surface area contributed by atoms with E-state index in [-0.39, 0.29) is 11.8 Å². The summed E-state index contributed by atoms with van der Waals surface area (Å²) in [6, 6.07) is 13.3. The zero-order valence-corrected chi connectivity index (χ0v) is 15.5. The molecule has 0 aliphatic carbocycles. The Kier molecular flexibility index (Phi) is 4.80. The van der Waals surface area contributed by atoms with Gasteiger partial charge < -0.3 is 15.2 Å². The van der Waals surface area contributed by atoms with E-state index in [4.69, 9.17) is 0 Å². The first-order chi connectivity index (χ1) is 12.3. The minimum Gasteiger partial charge on any atom is -0.351 e. The van der Waals surface area contributed by atoms with Crippen molar-refractivity contribution in [1.29, 1.82) is 0 Å². The van der Waals surface area contributed by atoms with Crippen molar-refractivity contribution in [3.05, 3.63) is 70.4 Å². The Hall–Kier alpha value is -3.08. The third kappa shape index (κ3) is 3.61. The van der Waals surface area contributed by atoms with Crippen LogP contribution >= 0.6 is 0 Å². The van der Waals surface area contributed by atoms with Crippen LogP contribution in [-0.2, 0) is 6.54 Å². The van der Waals surface area contributed by atoms with Crippen LogP contribution in [0.1, 0.15) is 37.5 Å². The molecule has 5 heteroatoms. The van der Waals surface area contributed by atoms with Gasteiger partial charge in [-0.15, -0.1) is 0 Å². The summed E-state index contributed by atoms with van der Waals surface area (Å²) in [5, 5.41) is 3.98. The van der Waals surface area contributed by atoms with E-state index in [1.807, 2.05) is 38.1 Å². The Morgan fingerprint density at radius 1 is 1.04 bits per heavy atom. The van der Waals surface area contributed by atoms with Crippen LogP contribution in [0.15, 0.2) is 42.5 Å². The summed E-state index contributed by atoms with van der Waals surface area (Å²) in [6.07, 6.45) is 0. The van der Waals surface area contributed by atoms with Crippen LogP contribution in [0, 0.1) is 13.8 Å². The summed E-state index contributed by atoms with van der Waals surface area (Å²) in [4.78, 5) is 29.1. The van der Waals surface area contributed by atoms with Crippen LogP contribution in [0.25, 0.3) is 10.9 Å². The molecule has 0 aliphatic rings. The van der Waals surface area contributed by atoms with E-state index in [9.17, 15) is 9.59 Å². The zero-order valence-electron chi connectivity index (χ0n) is 15.5. The molecule has 0 bridgehead atoms. The maximum atomic E-state index is 12.4. The Morgan fingerprint density at radius 2 is 1.73 bits per heavy atom. The standard InChI is InChI=1S/C21H23N3O2/c1-13-9-14(2)17-11-19(23-18(17)10-13)20(25)22-12-15-5-7-16(8-6-15)21(26)24(3)4/h5-11,23H,12H2,1-4H3,(H,22,25). The number of aryl methyl sites for hydroxylation is 2. The molecule has 3 rings (SSSR count). The zero-order chi connectivity index (χ0) is 18.8. The summed E-state index contributed by atoms with van der Waals surface area (Å²) < 4.78 is 0. The minimum atomic E-state index is -0.147. The molecule has 1 heterocycles. The van der Waals surface area contributed by atoms with Gasteiger partial charge in [0.1, 0.15) is 5.69 Å². The summed E-state index contributed by atoms with van der Waals surface area (Å²) in [5.41, 5.74) is 5.41. The van der Waals surface area contributed by atoms with E-state index in [2.05, 4.69) is 16.4 Å². The molecule has 134 valence electrons. The fraction of sp³-hybridized carbons (Fsp3) is 0.238. The second kappa shape index (κ2) is 7.04. The van der Waals surface area contributed by atoms with Crippen LogP contribution in [0.3, 0.4) is 0 Å². The van der Waals surface area contributed by atoms with Crippen molar-refractivity contribution in [3.63, 3.8) is 0 Å². The molecule has 0 saturated carbocycles. The van der Waals surface area contributed by atoms with Crippen molar-refractivity contribution in [1.82, 2.24) is 15.2 Å². The number of hydrogen-bond acceptors (Lipinski definition) is 2. The Morgan fingerprint density at radius 3 is 2.38 bits per heavy atom. The smallest absolute Gasteiger partial charge is 0.267 e. The molecule has 0 spiro atoms. The molecule has 5 nitrogen and oxygen atoms in total. The van der Waals surface area contributed by atoms with Gasteiger partial charge >= 0.3 is 0 Å². The first kappa shape index (κ1) is 17.7. The molecule has 1 aromatic heterocycles.